The maximum Gasteiger partial charge on any atom is 0.127 e. The van der Waals surface area contributed by atoms with E-state index < -0.39 is 0 Å². The largest absolute Gasteiger partial charge is 0.493 e. The van der Waals surface area contributed by atoms with Crippen molar-refractivity contribution in [3.05, 3.63) is 29.3 Å². The highest BCUT2D eigenvalue weighted by molar-refractivity contribution is 5.45. The molecular formula is C15H21NO. The van der Waals surface area contributed by atoms with Gasteiger partial charge in [0.15, 0.2) is 0 Å². The van der Waals surface area contributed by atoms with Gasteiger partial charge in [0.2, 0.25) is 0 Å². The van der Waals surface area contributed by atoms with Gasteiger partial charge in [-0.2, -0.15) is 0 Å². The van der Waals surface area contributed by atoms with Crippen molar-refractivity contribution in [3.63, 3.8) is 0 Å². The molecule has 1 heterocycles. The molecule has 0 radical (unpaired) electrons. The molecule has 0 saturated heterocycles. The number of ether oxygens (including phenoxy) is 1. The van der Waals surface area contributed by atoms with Crippen molar-refractivity contribution in [2.24, 2.45) is 11.7 Å². The molecule has 1 aromatic carbocycles. The molecule has 3 rings (SSSR count). The number of para-hydroxylation sites is 1. The third kappa shape index (κ3) is 2.19. The number of rotatable bonds is 3. The Morgan fingerprint density at radius 1 is 1.29 bits per heavy atom. The number of benzene rings is 1. The molecule has 1 aromatic rings. The van der Waals surface area contributed by atoms with Gasteiger partial charge in [0.25, 0.3) is 0 Å². The fourth-order valence-electron chi connectivity index (χ4n) is 3.26. The molecule has 1 atom stereocenters. The molecule has 2 aliphatic rings. The molecule has 2 nitrogen and oxygen atoms in total. The quantitative estimate of drug-likeness (QED) is 0.867. The standard InChI is InChI=1S/C15H21NO/c16-14(10-11-4-1-2-5-11)13-7-3-6-12-8-9-17-15(12)13/h3,6-7,11,14H,1-2,4-5,8-10,16H2. The molecule has 1 saturated carbocycles. The number of nitrogens with two attached hydrogens (primary N) is 1. The van der Waals surface area contributed by atoms with Gasteiger partial charge in [-0.1, -0.05) is 43.9 Å². The summed E-state index contributed by atoms with van der Waals surface area (Å²) in [5, 5.41) is 0. The molecular weight excluding hydrogens is 210 g/mol. The lowest BCUT2D eigenvalue weighted by molar-refractivity contribution is 0.347. The minimum absolute atomic E-state index is 0.158. The van der Waals surface area contributed by atoms with E-state index >= 15 is 0 Å². The molecule has 1 aliphatic carbocycles. The summed E-state index contributed by atoms with van der Waals surface area (Å²) in [6, 6.07) is 6.58. The molecule has 2 N–H and O–H groups in total. The van der Waals surface area contributed by atoms with E-state index in [1.165, 1.54) is 36.8 Å². The van der Waals surface area contributed by atoms with Crippen LogP contribution in [0, 0.1) is 5.92 Å². The second-order valence-electron chi connectivity index (χ2n) is 5.43. The van der Waals surface area contributed by atoms with Crippen molar-refractivity contribution >= 4 is 0 Å². The summed E-state index contributed by atoms with van der Waals surface area (Å²) < 4.78 is 5.74. The van der Waals surface area contributed by atoms with Crippen molar-refractivity contribution in [1.29, 1.82) is 0 Å². The molecule has 92 valence electrons. The molecule has 1 unspecified atom stereocenters. The zero-order chi connectivity index (χ0) is 11.7. The van der Waals surface area contributed by atoms with Crippen LogP contribution in [0.1, 0.15) is 49.3 Å². The first-order valence-electron chi connectivity index (χ1n) is 6.85. The summed E-state index contributed by atoms with van der Waals surface area (Å²) >= 11 is 0. The highest BCUT2D eigenvalue weighted by Gasteiger charge is 2.23. The Hall–Kier alpha value is -1.02. The van der Waals surface area contributed by atoms with Gasteiger partial charge < -0.3 is 10.5 Å². The second-order valence-corrected chi connectivity index (χ2v) is 5.43. The van der Waals surface area contributed by atoms with Crippen LogP contribution in [0.2, 0.25) is 0 Å². The van der Waals surface area contributed by atoms with Crippen LogP contribution in [0.5, 0.6) is 5.75 Å². The van der Waals surface area contributed by atoms with E-state index in [4.69, 9.17) is 10.5 Å². The van der Waals surface area contributed by atoms with Crippen LogP contribution in [0.25, 0.3) is 0 Å². The van der Waals surface area contributed by atoms with Crippen LogP contribution in [0.15, 0.2) is 18.2 Å². The van der Waals surface area contributed by atoms with Crippen LogP contribution in [0.3, 0.4) is 0 Å². The van der Waals surface area contributed by atoms with Crippen molar-refractivity contribution in [1.82, 2.24) is 0 Å². The Kier molecular flexibility index (Phi) is 3.06. The van der Waals surface area contributed by atoms with Crippen molar-refractivity contribution < 1.29 is 4.74 Å². The van der Waals surface area contributed by atoms with Gasteiger partial charge in [0, 0.05) is 18.0 Å². The highest BCUT2D eigenvalue weighted by Crippen LogP contribution is 2.37. The molecule has 2 heteroatoms. The molecule has 17 heavy (non-hydrogen) atoms. The van der Waals surface area contributed by atoms with Gasteiger partial charge in [-0.05, 0) is 17.9 Å². The van der Waals surface area contributed by atoms with Crippen molar-refractivity contribution in [2.45, 2.75) is 44.6 Å². The summed E-state index contributed by atoms with van der Waals surface area (Å²) in [6.45, 7) is 0.822. The summed E-state index contributed by atoms with van der Waals surface area (Å²) in [6.07, 6.45) is 7.67. The number of hydrogen-bond acceptors (Lipinski definition) is 2. The third-order valence-electron chi connectivity index (χ3n) is 4.21. The average Bonchev–Trinajstić information content (AvgIpc) is 2.97. The summed E-state index contributed by atoms with van der Waals surface area (Å²) in [7, 11) is 0. The normalized spacial score (nSPS) is 21.2. The smallest absolute Gasteiger partial charge is 0.127 e. The van der Waals surface area contributed by atoms with Crippen LogP contribution in [-0.4, -0.2) is 6.61 Å². The zero-order valence-corrected chi connectivity index (χ0v) is 10.3. The first-order valence-corrected chi connectivity index (χ1v) is 6.85. The number of fused-ring (bicyclic) bond motifs is 1. The predicted molar refractivity (Wildman–Crippen MR) is 69.1 cm³/mol. The van der Waals surface area contributed by atoms with Gasteiger partial charge >= 0.3 is 0 Å². The van der Waals surface area contributed by atoms with Gasteiger partial charge in [-0.3, -0.25) is 0 Å². The maximum absolute atomic E-state index is 6.37. The maximum atomic E-state index is 6.37. The van der Waals surface area contributed by atoms with E-state index in [1.807, 2.05) is 0 Å². The molecule has 0 bridgehead atoms. The molecule has 0 spiro atoms. The fourth-order valence-corrected chi connectivity index (χ4v) is 3.26. The first-order chi connectivity index (χ1) is 8.34. The Labute approximate surface area is 103 Å². The van der Waals surface area contributed by atoms with Crippen LogP contribution in [-0.2, 0) is 6.42 Å². The highest BCUT2D eigenvalue weighted by atomic mass is 16.5. The minimum Gasteiger partial charge on any atom is -0.493 e. The minimum atomic E-state index is 0.158. The Morgan fingerprint density at radius 3 is 2.94 bits per heavy atom. The second kappa shape index (κ2) is 4.69. The SMILES string of the molecule is NC(CC1CCCC1)c1cccc2c1OCC2. The van der Waals surface area contributed by atoms with Crippen LogP contribution in [0.4, 0.5) is 0 Å². The first kappa shape index (κ1) is 11.1. The van der Waals surface area contributed by atoms with Crippen LogP contribution >= 0.6 is 0 Å². The van der Waals surface area contributed by atoms with E-state index in [2.05, 4.69) is 18.2 Å². The van der Waals surface area contributed by atoms with Crippen molar-refractivity contribution in [3.8, 4) is 5.75 Å². The Bertz CT molecular complexity index is 396. The summed E-state index contributed by atoms with van der Waals surface area (Å²) in [4.78, 5) is 0. The Balaban J connectivity index is 1.76. The molecule has 0 amide bonds. The van der Waals surface area contributed by atoms with Gasteiger partial charge in [0.1, 0.15) is 5.75 Å². The topological polar surface area (TPSA) is 35.2 Å². The summed E-state index contributed by atoms with van der Waals surface area (Å²) in [5.41, 5.74) is 8.93. The fraction of sp³-hybridized carbons (Fsp3) is 0.600. The van der Waals surface area contributed by atoms with E-state index in [0.29, 0.717) is 0 Å². The van der Waals surface area contributed by atoms with Crippen molar-refractivity contribution in [2.75, 3.05) is 6.61 Å². The lowest BCUT2D eigenvalue weighted by atomic mass is 9.93. The van der Waals surface area contributed by atoms with Gasteiger partial charge in [-0.15, -0.1) is 0 Å². The lowest BCUT2D eigenvalue weighted by Crippen LogP contribution is -2.15. The van der Waals surface area contributed by atoms with E-state index in [-0.39, 0.29) is 6.04 Å². The molecule has 1 fully saturated rings. The monoisotopic (exact) mass is 231 g/mol. The molecule has 0 aromatic heterocycles. The zero-order valence-electron chi connectivity index (χ0n) is 10.3. The Morgan fingerprint density at radius 2 is 2.12 bits per heavy atom. The van der Waals surface area contributed by atoms with E-state index in [0.717, 1.165) is 31.1 Å². The average molecular weight is 231 g/mol. The lowest BCUT2D eigenvalue weighted by Gasteiger charge is -2.18. The molecule has 1 aliphatic heterocycles. The predicted octanol–water partition coefficient (Wildman–Crippen LogP) is 3.20. The number of hydrogen-bond donors (Lipinski definition) is 1. The van der Waals surface area contributed by atoms with Gasteiger partial charge in [0.05, 0.1) is 6.61 Å². The van der Waals surface area contributed by atoms with E-state index in [1.54, 1.807) is 0 Å². The van der Waals surface area contributed by atoms with Gasteiger partial charge in [-0.25, -0.2) is 0 Å². The van der Waals surface area contributed by atoms with E-state index in [9.17, 15) is 0 Å². The third-order valence-corrected chi connectivity index (χ3v) is 4.21. The summed E-state index contributed by atoms with van der Waals surface area (Å²) in [5.74, 6) is 1.92. The van der Waals surface area contributed by atoms with Crippen LogP contribution < -0.4 is 10.5 Å².